The number of fused-ring (bicyclic) bond motifs is 1. The van der Waals surface area contributed by atoms with Crippen molar-refractivity contribution in [3.05, 3.63) is 48.0 Å². The normalized spacial score (nSPS) is 24.3. The molecule has 1 saturated carbocycles. The molecule has 4 rings (SSSR count). The summed E-state index contributed by atoms with van der Waals surface area (Å²) in [7, 11) is 2.15. The van der Waals surface area contributed by atoms with Gasteiger partial charge >= 0.3 is 14.8 Å². The summed E-state index contributed by atoms with van der Waals surface area (Å²) >= 11 is 0. The molecule has 2 aromatic rings. The van der Waals surface area contributed by atoms with Gasteiger partial charge in [0.1, 0.15) is 18.3 Å². The van der Waals surface area contributed by atoms with Crippen LogP contribution in [-0.2, 0) is 32.2 Å². The van der Waals surface area contributed by atoms with Crippen LogP contribution < -0.4 is 0 Å². The minimum atomic E-state index is -2.70. The fraction of sp³-hybridized carbons (Fsp3) is 0.607. The van der Waals surface area contributed by atoms with Crippen LogP contribution in [0.5, 0.6) is 0 Å². The van der Waals surface area contributed by atoms with E-state index in [9.17, 15) is 9.90 Å². The van der Waals surface area contributed by atoms with Crippen molar-refractivity contribution < 1.29 is 42.1 Å². The third-order valence-electron chi connectivity index (χ3n) is 7.42. The Hall–Kier alpha value is -1.89. The highest BCUT2D eigenvalue weighted by Gasteiger charge is 2.40. The number of ether oxygens (including phenoxy) is 4. The smallest absolute Gasteiger partial charge is 0.456 e. The Balaban J connectivity index is 1.40. The lowest BCUT2D eigenvalue weighted by Crippen LogP contribution is -2.44. The second-order valence-electron chi connectivity index (χ2n) is 10.0. The minimum absolute atomic E-state index is 0.107. The Morgan fingerprint density at radius 1 is 1.03 bits per heavy atom. The first-order chi connectivity index (χ1) is 18.5. The molecule has 2 aliphatic rings. The number of carbonyl (C=O) groups excluding carboxylic acids is 1. The van der Waals surface area contributed by atoms with Crippen molar-refractivity contribution >= 4 is 25.5 Å². The number of rotatable bonds is 15. The van der Waals surface area contributed by atoms with Crippen LogP contribution in [0.3, 0.4) is 0 Å². The average molecular weight is 549 g/mol. The van der Waals surface area contributed by atoms with E-state index < -0.39 is 21.0 Å². The molecule has 2 aromatic carbocycles. The number of hydrogen-bond donors (Lipinski definition) is 1. The fourth-order valence-corrected chi connectivity index (χ4v) is 6.96. The predicted octanol–water partition coefficient (Wildman–Crippen LogP) is 3.60. The number of esters is 1. The largest absolute Gasteiger partial charge is 0.500 e. The third kappa shape index (κ3) is 7.83. The Morgan fingerprint density at radius 3 is 2.50 bits per heavy atom. The summed E-state index contributed by atoms with van der Waals surface area (Å²) in [5.74, 6) is -0.0805. The molecule has 5 atom stereocenters. The highest BCUT2D eigenvalue weighted by molar-refractivity contribution is 6.60. The fourth-order valence-electron chi connectivity index (χ4n) is 5.08. The van der Waals surface area contributed by atoms with Gasteiger partial charge < -0.3 is 37.3 Å². The molecule has 0 spiro atoms. The summed E-state index contributed by atoms with van der Waals surface area (Å²) < 4.78 is 39.6. The second kappa shape index (κ2) is 13.9. The first-order valence-corrected chi connectivity index (χ1v) is 15.2. The maximum Gasteiger partial charge on any atom is 0.500 e. The molecule has 1 N–H and O–H groups in total. The number of epoxide rings is 1. The van der Waals surface area contributed by atoms with Crippen LogP contribution in [0, 0.1) is 5.92 Å². The maximum absolute atomic E-state index is 13.4. The maximum atomic E-state index is 13.4. The molecule has 210 valence electrons. The topological polar surface area (TPSA) is 105 Å². The number of hydrogen-bond acceptors (Lipinski definition) is 9. The summed E-state index contributed by atoms with van der Waals surface area (Å²) in [5, 5.41) is 12.2. The number of aliphatic hydroxyl groups excluding tert-OH is 1. The van der Waals surface area contributed by atoms with Gasteiger partial charge in [-0.25, -0.2) is 4.79 Å². The molecule has 0 aromatic heterocycles. The molecule has 9 nitrogen and oxygen atoms in total. The lowest BCUT2D eigenvalue weighted by atomic mass is 9.83. The van der Waals surface area contributed by atoms with Crippen molar-refractivity contribution in [1.82, 2.24) is 0 Å². The number of benzene rings is 2. The van der Waals surface area contributed by atoms with Crippen LogP contribution in [0.25, 0.3) is 10.8 Å². The molecular formula is C28H40O9Si. The van der Waals surface area contributed by atoms with E-state index in [1.807, 2.05) is 36.4 Å². The summed E-state index contributed by atoms with van der Waals surface area (Å²) in [5.41, 5.74) is 0.532. The summed E-state index contributed by atoms with van der Waals surface area (Å²) in [6, 6.07) is 14.1. The van der Waals surface area contributed by atoms with Gasteiger partial charge in [0.15, 0.2) is 0 Å². The average Bonchev–Trinajstić information content (AvgIpc) is 3.78. The van der Waals surface area contributed by atoms with E-state index in [-0.39, 0.29) is 31.4 Å². The van der Waals surface area contributed by atoms with Crippen LogP contribution in [-0.4, -0.2) is 92.1 Å². The summed E-state index contributed by atoms with van der Waals surface area (Å²) in [6.07, 6.45) is 1.71. The van der Waals surface area contributed by atoms with Crippen molar-refractivity contribution in [2.75, 3.05) is 47.8 Å². The molecule has 0 radical (unpaired) electrons. The zero-order valence-electron chi connectivity index (χ0n) is 22.5. The molecule has 5 unspecified atom stereocenters. The molecule has 2 fully saturated rings. The molecule has 1 heterocycles. The standard InChI is InChI=1S/C28H40O9Si/c1-31-38(32-2,33-3)14-13-20-11-12-26(36-17-22(29)16-34-18-23-19-35-23)27(15-20)37-28(30)25-10-6-8-21-7-4-5-9-24(21)25/h4-10,20,22-23,26-27,29H,11-19H2,1-3H3. The van der Waals surface area contributed by atoms with Gasteiger partial charge in [0.2, 0.25) is 0 Å². The number of aliphatic hydroxyl groups is 1. The Morgan fingerprint density at radius 2 is 1.76 bits per heavy atom. The highest BCUT2D eigenvalue weighted by atomic mass is 28.4. The Labute approximate surface area is 225 Å². The molecule has 0 bridgehead atoms. The van der Waals surface area contributed by atoms with Gasteiger partial charge in [0.05, 0.1) is 38.1 Å². The van der Waals surface area contributed by atoms with E-state index in [4.69, 9.17) is 32.2 Å². The van der Waals surface area contributed by atoms with Crippen molar-refractivity contribution in [2.45, 2.75) is 56.1 Å². The van der Waals surface area contributed by atoms with E-state index in [1.54, 1.807) is 27.4 Å². The monoisotopic (exact) mass is 548 g/mol. The van der Waals surface area contributed by atoms with E-state index >= 15 is 0 Å². The molecule has 10 heteroatoms. The first kappa shape index (κ1) is 29.1. The quantitative estimate of drug-likeness (QED) is 0.203. The van der Waals surface area contributed by atoms with Gasteiger partial charge in [0.25, 0.3) is 0 Å². The van der Waals surface area contributed by atoms with E-state index in [2.05, 4.69) is 0 Å². The predicted molar refractivity (Wildman–Crippen MR) is 143 cm³/mol. The lowest BCUT2D eigenvalue weighted by molar-refractivity contribution is -0.107. The summed E-state index contributed by atoms with van der Waals surface area (Å²) in [4.78, 5) is 13.4. The van der Waals surface area contributed by atoms with E-state index in [1.165, 1.54) is 0 Å². The molecule has 0 amide bonds. The van der Waals surface area contributed by atoms with E-state index in [0.29, 0.717) is 43.6 Å². The SMILES string of the molecule is CO[Si](CCC1CCC(OCC(O)COCC2CO2)C(OC(=O)c2cccc3ccccc23)C1)(OC)OC. The highest BCUT2D eigenvalue weighted by Crippen LogP contribution is 2.34. The molecule has 1 aliphatic heterocycles. The lowest BCUT2D eigenvalue weighted by Gasteiger charge is -2.36. The van der Waals surface area contributed by atoms with Gasteiger partial charge in [-0.3, -0.25) is 0 Å². The zero-order chi connectivity index (χ0) is 27.0. The van der Waals surface area contributed by atoms with E-state index in [0.717, 1.165) is 23.6 Å². The molecule has 1 saturated heterocycles. The van der Waals surface area contributed by atoms with Crippen molar-refractivity contribution in [3.63, 3.8) is 0 Å². The van der Waals surface area contributed by atoms with Crippen LogP contribution in [0.4, 0.5) is 0 Å². The van der Waals surface area contributed by atoms with Crippen molar-refractivity contribution in [2.24, 2.45) is 5.92 Å². The zero-order valence-corrected chi connectivity index (χ0v) is 23.5. The van der Waals surface area contributed by atoms with Crippen LogP contribution in [0.15, 0.2) is 42.5 Å². The first-order valence-electron chi connectivity index (χ1n) is 13.3. The third-order valence-corrected chi connectivity index (χ3v) is 10.2. The van der Waals surface area contributed by atoms with Crippen LogP contribution in [0.2, 0.25) is 6.04 Å². The Bertz CT molecular complexity index is 1010. The van der Waals surface area contributed by atoms with Gasteiger partial charge in [0, 0.05) is 27.4 Å². The van der Waals surface area contributed by atoms with Crippen molar-refractivity contribution in [3.8, 4) is 0 Å². The minimum Gasteiger partial charge on any atom is -0.456 e. The molecule has 1 aliphatic carbocycles. The van der Waals surface area contributed by atoms with Crippen LogP contribution >= 0.6 is 0 Å². The van der Waals surface area contributed by atoms with Crippen LogP contribution in [0.1, 0.15) is 36.0 Å². The molecule has 38 heavy (non-hydrogen) atoms. The van der Waals surface area contributed by atoms with Gasteiger partial charge in [-0.15, -0.1) is 0 Å². The summed E-state index contributed by atoms with van der Waals surface area (Å²) in [6.45, 7) is 1.47. The van der Waals surface area contributed by atoms with Gasteiger partial charge in [-0.05, 0) is 48.4 Å². The van der Waals surface area contributed by atoms with Gasteiger partial charge in [-0.2, -0.15) is 0 Å². The number of carbonyl (C=O) groups is 1. The molecular weight excluding hydrogens is 508 g/mol. The Kier molecular flexibility index (Phi) is 10.7. The second-order valence-corrected chi connectivity index (χ2v) is 13.1. The van der Waals surface area contributed by atoms with Gasteiger partial charge in [-0.1, -0.05) is 36.4 Å². The van der Waals surface area contributed by atoms with Crippen molar-refractivity contribution in [1.29, 1.82) is 0 Å².